The predicted octanol–water partition coefficient (Wildman–Crippen LogP) is 2.67. The van der Waals surface area contributed by atoms with Gasteiger partial charge in [-0.15, -0.1) is 0 Å². The monoisotopic (exact) mass is 286 g/mol. The molecule has 1 unspecified atom stereocenters. The maximum absolute atomic E-state index is 12.8. The minimum atomic E-state index is -5.93. The zero-order valence-electron chi connectivity index (χ0n) is 10.2. The first kappa shape index (κ1) is 15.4. The summed E-state index contributed by atoms with van der Waals surface area (Å²) in [5.41, 5.74) is 0.576. The molecule has 0 aliphatic rings. The lowest BCUT2D eigenvalue weighted by molar-refractivity contribution is -0.270. The van der Waals surface area contributed by atoms with Gasteiger partial charge in [0, 0.05) is 5.56 Å². The number of aryl methyl sites for hydroxylation is 2. The van der Waals surface area contributed by atoms with Crippen molar-refractivity contribution in [3.8, 4) is 0 Å². The second-order valence-corrected chi connectivity index (χ2v) is 4.01. The highest BCUT2D eigenvalue weighted by Gasteiger charge is 2.63. The van der Waals surface area contributed by atoms with Gasteiger partial charge in [-0.1, -0.05) is 5.16 Å². The fraction of sp³-hybridized carbons (Fsp3) is 0.600. The van der Waals surface area contributed by atoms with Crippen LogP contribution < -0.4 is 5.32 Å². The second kappa shape index (κ2) is 4.78. The number of alkyl halides is 5. The SMILES string of the molecule is Cc1noc(C)c1C(C)NC(=O)C(F)(F)C(F)(F)F. The van der Waals surface area contributed by atoms with E-state index < -0.39 is 24.0 Å². The molecule has 0 saturated heterocycles. The maximum Gasteiger partial charge on any atom is 0.463 e. The number of carbonyl (C=O) groups excluding carboxylic acids is 1. The Bertz CT molecular complexity index is 461. The lowest BCUT2D eigenvalue weighted by Gasteiger charge is -2.21. The molecule has 0 aliphatic carbocycles. The van der Waals surface area contributed by atoms with Crippen molar-refractivity contribution in [2.45, 2.75) is 38.9 Å². The van der Waals surface area contributed by atoms with Crippen LogP contribution in [0.25, 0.3) is 0 Å². The predicted molar refractivity (Wildman–Crippen MR) is 53.5 cm³/mol. The van der Waals surface area contributed by atoms with E-state index in [1.807, 2.05) is 0 Å². The van der Waals surface area contributed by atoms with Crippen LogP contribution in [-0.4, -0.2) is 23.2 Å². The molecule has 0 radical (unpaired) electrons. The number of rotatable bonds is 3. The molecule has 0 bridgehead atoms. The van der Waals surface area contributed by atoms with E-state index in [1.54, 1.807) is 5.32 Å². The molecule has 1 amide bonds. The number of carbonyl (C=O) groups is 1. The van der Waals surface area contributed by atoms with Crippen LogP contribution in [-0.2, 0) is 4.79 Å². The maximum atomic E-state index is 12.8. The number of halogens is 5. The summed E-state index contributed by atoms with van der Waals surface area (Å²) in [5.74, 6) is -7.62. The van der Waals surface area contributed by atoms with Crippen LogP contribution in [0.3, 0.4) is 0 Å². The van der Waals surface area contributed by atoms with Crippen molar-refractivity contribution in [3.63, 3.8) is 0 Å². The molecular formula is C10H11F5N2O2. The quantitative estimate of drug-likeness (QED) is 0.869. The van der Waals surface area contributed by atoms with E-state index in [1.165, 1.54) is 20.8 Å². The van der Waals surface area contributed by atoms with Crippen LogP contribution >= 0.6 is 0 Å². The Hall–Kier alpha value is -1.67. The molecule has 1 rings (SSSR count). The Morgan fingerprint density at radius 3 is 2.16 bits per heavy atom. The van der Waals surface area contributed by atoms with Crippen LogP contribution in [0.15, 0.2) is 4.52 Å². The fourth-order valence-electron chi connectivity index (χ4n) is 1.60. The molecule has 1 atom stereocenters. The van der Waals surface area contributed by atoms with Crippen LogP contribution in [0.4, 0.5) is 22.0 Å². The molecule has 19 heavy (non-hydrogen) atoms. The number of hydrogen-bond donors (Lipinski definition) is 1. The zero-order chi connectivity index (χ0) is 15.0. The lowest BCUT2D eigenvalue weighted by atomic mass is 10.1. The second-order valence-electron chi connectivity index (χ2n) is 4.01. The number of hydrogen-bond acceptors (Lipinski definition) is 3. The van der Waals surface area contributed by atoms with Gasteiger partial charge < -0.3 is 9.84 Å². The van der Waals surface area contributed by atoms with E-state index in [9.17, 15) is 26.7 Å². The number of amides is 1. The van der Waals surface area contributed by atoms with Gasteiger partial charge >= 0.3 is 18.0 Å². The van der Waals surface area contributed by atoms with Gasteiger partial charge in [-0.05, 0) is 20.8 Å². The van der Waals surface area contributed by atoms with Crippen molar-refractivity contribution in [2.75, 3.05) is 0 Å². The third-order valence-electron chi connectivity index (χ3n) is 2.51. The minimum Gasteiger partial charge on any atom is -0.361 e. The van der Waals surface area contributed by atoms with E-state index in [0.29, 0.717) is 5.69 Å². The van der Waals surface area contributed by atoms with Gasteiger partial charge in [-0.3, -0.25) is 4.79 Å². The van der Waals surface area contributed by atoms with Crippen LogP contribution in [0.2, 0.25) is 0 Å². The molecule has 4 nitrogen and oxygen atoms in total. The summed E-state index contributed by atoms with van der Waals surface area (Å²) >= 11 is 0. The summed E-state index contributed by atoms with van der Waals surface area (Å²) in [5, 5.41) is 5.12. The summed E-state index contributed by atoms with van der Waals surface area (Å²) in [6.07, 6.45) is -5.93. The minimum absolute atomic E-state index is 0.237. The van der Waals surface area contributed by atoms with Crippen molar-refractivity contribution in [3.05, 3.63) is 17.0 Å². The third kappa shape index (κ3) is 2.85. The highest BCUT2D eigenvalue weighted by Crippen LogP contribution is 2.36. The molecule has 1 N–H and O–H groups in total. The molecule has 9 heteroatoms. The molecule has 108 valence electrons. The van der Waals surface area contributed by atoms with Gasteiger partial charge in [0.1, 0.15) is 5.76 Å². The summed E-state index contributed by atoms with van der Waals surface area (Å²) < 4.78 is 66.2. The molecule has 1 heterocycles. The summed E-state index contributed by atoms with van der Waals surface area (Å²) in [6.45, 7) is 4.20. The van der Waals surface area contributed by atoms with E-state index in [0.717, 1.165) is 0 Å². The third-order valence-corrected chi connectivity index (χ3v) is 2.51. The van der Waals surface area contributed by atoms with Crippen molar-refractivity contribution in [2.24, 2.45) is 0 Å². The zero-order valence-corrected chi connectivity index (χ0v) is 10.2. The average molecular weight is 286 g/mol. The summed E-state index contributed by atoms with van der Waals surface area (Å²) in [4.78, 5) is 11.0. The molecule has 0 saturated carbocycles. The van der Waals surface area contributed by atoms with Gasteiger partial charge in [0.2, 0.25) is 0 Å². The van der Waals surface area contributed by atoms with Crippen molar-refractivity contribution < 1.29 is 31.3 Å². The first-order valence-corrected chi connectivity index (χ1v) is 5.16. The standard InChI is InChI=1S/C10H11F5N2O2/c1-4(7-5(2)17-19-6(7)3)16-8(18)9(11,12)10(13,14)15/h4H,1-3H3,(H,16,18). The molecule has 1 aromatic rings. The normalized spacial score (nSPS) is 14.3. The Kier molecular flexibility index (Phi) is 3.87. The Morgan fingerprint density at radius 2 is 1.79 bits per heavy atom. The number of aromatic nitrogens is 1. The number of nitrogens with zero attached hydrogens (tertiary/aromatic N) is 1. The van der Waals surface area contributed by atoms with E-state index in [2.05, 4.69) is 5.16 Å². The van der Waals surface area contributed by atoms with Gasteiger partial charge in [-0.25, -0.2) is 0 Å². The molecule has 1 aromatic heterocycles. The van der Waals surface area contributed by atoms with Crippen molar-refractivity contribution in [1.29, 1.82) is 0 Å². The highest BCUT2D eigenvalue weighted by atomic mass is 19.4. The van der Waals surface area contributed by atoms with Crippen LogP contribution in [0, 0.1) is 13.8 Å². The van der Waals surface area contributed by atoms with Crippen LogP contribution in [0.1, 0.15) is 30.0 Å². The van der Waals surface area contributed by atoms with Crippen molar-refractivity contribution in [1.82, 2.24) is 10.5 Å². The Morgan fingerprint density at radius 1 is 1.26 bits per heavy atom. The molecule has 0 fully saturated rings. The van der Waals surface area contributed by atoms with Gasteiger partial charge in [0.15, 0.2) is 0 Å². The number of nitrogens with one attached hydrogen (secondary N) is 1. The first-order chi connectivity index (χ1) is 8.48. The summed E-state index contributed by atoms with van der Waals surface area (Å²) in [6, 6.07) is -1.08. The van der Waals surface area contributed by atoms with E-state index in [4.69, 9.17) is 4.52 Å². The van der Waals surface area contributed by atoms with Crippen molar-refractivity contribution >= 4 is 5.91 Å². The van der Waals surface area contributed by atoms with E-state index in [-0.39, 0.29) is 11.3 Å². The lowest BCUT2D eigenvalue weighted by Crippen LogP contribution is -2.50. The van der Waals surface area contributed by atoms with Gasteiger partial charge in [-0.2, -0.15) is 22.0 Å². The molecule has 0 spiro atoms. The van der Waals surface area contributed by atoms with Gasteiger partial charge in [0.25, 0.3) is 0 Å². The highest BCUT2D eigenvalue weighted by molar-refractivity contribution is 5.84. The molecule has 0 aliphatic heterocycles. The molecule has 0 aromatic carbocycles. The average Bonchev–Trinajstić information content (AvgIpc) is 2.56. The molecular weight excluding hydrogens is 275 g/mol. The topological polar surface area (TPSA) is 55.1 Å². The Balaban J connectivity index is 2.90. The smallest absolute Gasteiger partial charge is 0.361 e. The summed E-state index contributed by atoms with van der Waals surface area (Å²) in [7, 11) is 0. The van der Waals surface area contributed by atoms with E-state index >= 15 is 0 Å². The largest absolute Gasteiger partial charge is 0.463 e. The van der Waals surface area contributed by atoms with Gasteiger partial charge in [0.05, 0.1) is 11.7 Å². The van der Waals surface area contributed by atoms with Crippen LogP contribution in [0.5, 0.6) is 0 Å². The fourth-order valence-corrected chi connectivity index (χ4v) is 1.60. The Labute approximate surface area is 104 Å². The first-order valence-electron chi connectivity index (χ1n) is 5.16.